The number of hydrogen-bond donors (Lipinski definition) is 0. The summed E-state index contributed by atoms with van der Waals surface area (Å²) in [6.07, 6.45) is 5.24. The molecule has 162 valence electrons. The Hall–Kier alpha value is -2.83. The molecule has 7 heteroatoms. The maximum absolute atomic E-state index is 13.1. The first-order valence-corrected chi connectivity index (χ1v) is 10.4. The number of hydrogen-bond acceptors (Lipinski definition) is 5. The standard InChI is InChI=1S/C23H30N2O5/c1-23(2,3)30-21(27)19-13-12-18-11-7-8-14-24(15-20(26)25(18)19)22(28)29-16-17-9-5-4-6-10-17/h4-10,18-19H,11-16H2,1-3H3/b8-7-/t18-,19+/m1/s1. The lowest BCUT2D eigenvalue weighted by Crippen LogP contribution is -2.50. The van der Waals surface area contributed by atoms with Gasteiger partial charge in [-0.2, -0.15) is 0 Å². The van der Waals surface area contributed by atoms with E-state index in [4.69, 9.17) is 9.47 Å². The molecule has 1 aromatic rings. The summed E-state index contributed by atoms with van der Waals surface area (Å²) in [5.74, 6) is -0.645. The molecular formula is C23H30N2O5. The van der Waals surface area contributed by atoms with Crippen LogP contribution in [0.3, 0.4) is 0 Å². The minimum absolute atomic E-state index is 0.0634. The topological polar surface area (TPSA) is 76.1 Å². The highest BCUT2D eigenvalue weighted by atomic mass is 16.6. The van der Waals surface area contributed by atoms with Gasteiger partial charge in [0.05, 0.1) is 0 Å². The van der Waals surface area contributed by atoms with Gasteiger partial charge in [-0.25, -0.2) is 9.59 Å². The van der Waals surface area contributed by atoms with Crippen molar-refractivity contribution in [1.82, 2.24) is 9.80 Å². The fraction of sp³-hybridized carbons (Fsp3) is 0.522. The highest BCUT2D eigenvalue weighted by molar-refractivity contribution is 5.88. The predicted molar refractivity (Wildman–Crippen MR) is 111 cm³/mol. The van der Waals surface area contributed by atoms with Gasteiger partial charge in [0.2, 0.25) is 5.91 Å². The van der Waals surface area contributed by atoms with Crippen molar-refractivity contribution in [2.75, 3.05) is 13.1 Å². The summed E-state index contributed by atoms with van der Waals surface area (Å²) in [7, 11) is 0. The van der Waals surface area contributed by atoms with Gasteiger partial charge < -0.3 is 14.4 Å². The zero-order valence-electron chi connectivity index (χ0n) is 17.9. The number of amides is 2. The second-order valence-corrected chi connectivity index (χ2v) is 8.71. The average molecular weight is 415 g/mol. The zero-order chi connectivity index (χ0) is 21.7. The molecule has 0 aliphatic carbocycles. The van der Waals surface area contributed by atoms with E-state index in [2.05, 4.69) is 0 Å². The lowest BCUT2D eigenvalue weighted by Gasteiger charge is -2.32. The van der Waals surface area contributed by atoms with Crippen LogP contribution in [0.2, 0.25) is 0 Å². The molecular weight excluding hydrogens is 384 g/mol. The van der Waals surface area contributed by atoms with Crippen LogP contribution < -0.4 is 0 Å². The molecule has 1 aromatic carbocycles. The van der Waals surface area contributed by atoms with Gasteiger partial charge in [-0.3, -0.25) is 9.69 Å². The van der Waals surface area contributed by atoms with Gasteiger partial charge in [0.1, 0.15) is 24.8 Å². The van der Waals surface area contributed by atoms with E-state index >= 15 is 0 Å². The fourth-order valence-electron chi connectivity index (χ4n) is 3.81. The number of ether oxygens (including phenoxy) is 2. The molecule has 2 amide bonds. The highest BCUT2D eigenvalue weighted by Crippen LogP contribution is 2.29. The van der Waals surface area contributed by atoms with Crippen molar-refractivity contribution in [2.45, 2.75) is 64.3 Å². The molecule has 2 heterocycles. The number of fused-ring (bicyclic) bond motifs is 1. The van der Waals surface area contributed by atoms with Crippen LogP contribution in [-0.4, -0.2) is 58.5 Å². The SMILES string of the molecule is CC(C)(C)OC(=O)[C@@H]1CC[C@H]2C/C=C\CN(C(=O)OCc3ccccc3)CC(=O)N21. The fourth-order valence-corrected chi connectivity index (χ4v) is 3.81. The van der Waals surface area contributed by atoms with Crippen molar-refractivity contribution in [3.63, 3.8) is 0 Å². The Morgan fingerprint density at radius 3 is 2.53 bits per heavy atom. The molecule has 30 heavy (non-hydrogen) atoms. The van der Waals surface area contributed by atoms with Gasteiger partial charge in [0.15, 0.2) is 0 Å². The Labute approximate surface area is 177 Å². The van der Waals surface area contributed by atoms with Crippen molar-refractivity contribution < 1.29 is 23.9 Å². The van der Waals surface area contributed by atoms with Gasteiger partial charge in [-0.05, 0) is 45.6 Å². The first kappa shape index (κ1) is 21.9. The summed E-state index contributed by atoms with van der Waals surface area (Å²) >= 11 is 0. The van der Waals surface area contributed by atoms with Crippen LogP contribution >= 0.6 is 0 Å². The molecule has 2 aliphatic rings. The van der Waals surface area contributed by atoms with Crippen LogP contribution in [0.1, 0.15) is 45.6 Å². The van der Waals surface area contributed by atoms with Crippen molar-refractivity contribution >= 4 is 18.0 Å². The van der Waals surface area contributed by atoms with E-state index in [1.165, 1.54) is 4.90 Å². The molecule has 0 radical (unpaired) electrons. The van der Waals surface area contributed by atoms with Crippen LogP contribution in [0.4, 0.5) is 4.79 Å². The van der Waals surface area contributed by atoms with Gasteiger partial charge in [-0.15, -0.1) is 0 Å². The second kappa shape index (κ2) is 9.32. The molecule has 0 saturated carbocycles. The molecule has 1 saturated heterocycles. The van der Waals surface area contributed by atoms with E-state index in [0.29, 0.717) is 12.8 Å². The number of carbonyl (C=O) groups is 3. The van der Waals surface area contributed by atoms with E-state index in [0.717, 1.165) is 12.0 Å². The number of nitrogens with zero attached hydrogens (tertiary/aromatic N) is 2. The minimum atomic E-state index is -0.620. The molecule has 2 atom stereocenters. The van der Waals surface area contributed by atoms with Gasteiger partial charge in [0.25, 0.3) is 0 Å². The average Bonchev–Trinajstić information content (AvgIpc) is 3.13. The maximum Gasteiger partial charge on any atom is 0.410 e. The number of carbonyl (C=O) groups excluding carboxylic acids is 3. The van der Waals surface area contributed by atoms with Gasteiger partial charge in [-0.1, -0.05) is 42.5 Å². The first-order chi connectivity index (χ1) is 14.2. The summed E-state index contributed by atoms with van der Waals surface area (Å²) in [5, 5.41) is 0. The normalized spacial score (nSPS) is 23.1. The smallest absolute Gasteiger partial charge is 0.410 e. The molecule has 2 aliphatic heterocycles. The second-order valence-electron chi connectivity index (χ2n) is 8.71. The Morgan fingerprint density at radius 1 is 1.10 bits per heavy atom. The third-order valence-corrected chi connectivity index (χ3v) is 5.16. The highest BCUT2D eigenvalue weighted by Gasteiger charge is 2.43. The van der Waals surface area contributed by atoms with Gasteiger partial charge >= 0.3 is 12.1 Å². The minimum Gasteiger partial charge on any atom is -0.458 e. The first-order valence-electron chi connectivity index (χ1n) is 10.4. The van der Waals surface area contributed by atoms with Crippen LogP contribution in [0.25, 0.3) is 0 Å². The maximum atomic E-state index is 13.1. The van der Waals surface area contributed by atoms with E-state index in [1.54, 1.807) is 4.90 Å². The third-order valence-electron chi connectivity index (χ3n) is 5.16. The Kier molecular flexibility index (Phi) is 6.80. The molecule has 0 bridgehead atoms. The van der Waals surface area contributed by atoms with Crippen LogP contribution in [0.5, 0.6) is 0 Å². The summed E-state index contributed by atoms with van der Waals surface area (Å²) in [6, 6.07) is 8.71. The number of benzene rings is 1. The van der Waals surface area contributed by atoms with Gasteiger partial charge in [0, 0.05) is 12.6 Å². The van der Waals surface area contributed by atoms with Crippen LogP contribution in [0.15, 0.2) is 42.5 Å². The van der Waals surface area contributed by atoms with Crippen molar-refractivity contribution in [1.29, 1.82) is 0 Å². The van der Waals surface area contributed by atoms with E-state index in [1.807, 2.05) is 63.3 Å². The predicted octanol–water partition coefficient (Wildman–Crippen LogP) is 3.29. The monoisotopic (exact) mass is 414 g/mol. The molecule has 0 unspecified atom stereocenters. The van der Waals surface area contributed by atoms with Crippen LogP contribution in [0, 0.1) is 0 Å². The lowest BCUT2D eigenvalue weighted by molar-refractivity contribution is -0.164. The summed E-state index contributed by atoms with van der Waals surface area (Å²) < 4.78 is 10.9. The molecule has 0 N–H and O–H groups in total. The summed E-state index contributed by atoms with van der Waals surface area (Å²) in [6.45, 7) is 5.73. The van der Waals surface area contributed by atoms with Crippen molar-refractivity contribution in [3.8, 4) is 0 Å². The Bertz CT molecular complexity index is 800. The largest absolute Gasteiger partial charge is 0.458 e. The quantitative estimate of drug-likeness (QED) is 0.560. The number of rotatable bonds is 3. The third kappa shape index (κ3) is 5.62. The summed E-state index contributed by atoms with van der Waals surface area (Å²) in [4.78, 5) is 41.4. The molecule has 0 spiro atoms. The van der Waals surface area contributed by atoms with E-state index in [-0.39, 0.29) is 37.6 Å². The summed E-state index contributed by atoms with van der Waals surface area (Å²) in [5.41, 5.74) is 0.256. The van der Waals surface area contributed by atoms with E-state index in [9.17, 15) is 14.4 Å². The van der Waals surface area contributed by atoms with E-state index < -0.39 is 17.7 Å². The van der Waals surface area contributed by atoms with Crippen molar-refractivity contribution in [3.05, 3.63) is 48.0 Å². The molecule has 1 fully saturated rings. The lowest BCUT2D eigenvalue weighted by atomic mass is 10.1. The molecule has 3 rings (SSSR count). The molecule has 0 aromatic heterocycles. The number of esters is 1. The Morgan fingerprint density at radius 2 is 1.83 bits per heavy atom. The van der Waals surface area contributed by atoms with Crippen LogP contribution in [-0.2, 0) is 25.7 Å². The molecule has 7 nitrogen and oxygen atoms in total. The zero-order valence-corrected chi connectivity index (χ0v) is 17.9. The van der Waals surface area contributed by atoms with Crippen molar-refractivity contribution in [2.24, 2.45) is 0 Å². The Balaban J connectivity index is 1.68.